The molecule has 0 aromatic heterocycles. The third-order valence-corrected chi connectivity index (χ3v) is 2.87. The van der Waals surface area contributed by atoms with Crippen molar-refractivity contribution in [1.29, 1.82) is 0 Å². The van der Waals surface area contributed by atoms with E-state index in [9.17, 15) is 19.5 Å². The number of hydroxylamine groups is 1. The third-order valence-electron chi connectivity index (χ3n) is 2.87. The van der Waals surface area contributed by atoms with Gasteiger partial charge < -0.3 is 9.94 Å². The maximum absolute atomic E-state index is 11.3. The van der Waals surface area contributed by atoms with E-state index in [4.69, 9.17) is 4.89 Å². The summed E-state index contributed by atoms with van der Waals surface area (Å²) >= 11 is 0. The second kappa shape index (κ2) is 9.24. The number of hydrogen-bond donors (Lipinski definition) is 2. The van der Waals surface area contributed by atoms with Crippen LogP contribution in [-0.4, -0.2) is 29.1 Å². The second-order valence-corrected chi connectivity index (χ2v) is 5.26. The molecule has 0 aliphatic carbocycles. The lowest BCUT2D eigenvalue weighted by molar-refractivity contribution is -0.208. The Morgan fingerprint density at radius 2 is 1.64 bits per heavy atom. The summed E-state index contributed by atoms with van der Waals surface area (Å²) in [5.74, 6) is -2.37. The molecule has 8 nitrogen and oxygen atoms in total. The van der Waals surface area contributed by atoms with Gasteiger partial charge >= 0.3 is 17.9 Å². The molecule has 0 saturated heterocycles. The Morgan fingerprint density at radius 1 is 1.08 bits per heavy atom. The fourth-order valence-corrected chi connectivity index (χ4v) is 1.47. The molecule has 0 aliphatic rings. The Labute approximate surface area is 144 Å². The normalized spacial score (nSPS) is 11.1. The van der Waals surface area contributed by atoms with Crippen LogP contribution in [0.1, 0.15) is 19.4 Å². The summed E-state index contributed by atoms with van der Waals surface area (Å²) in [7, 11) is 0. The monoisotopic (exact) mass is 349 g/mol. The summed E-state index contributed by atoms with van der Waals surface area (Å²) in [6.07, 6.45) is 0.0463. The van der Waals surface area contributed by atoms with Crippen LogP contribution in [0, 0.1) is 0 Å². The molecule has 0 aliphatic heterocycles. The minimum Gasteiger partial charge on any atom is -0.480 e. The van der Waals surface area contributed by atoms with Gasteiger partial charge in [0.25, 0.3) is 0 Å². The van der Waals surface area contributed by atoms with Crippen molar-refractivity contribution in [3.05, 3.63) is 54.1 Å². The summed E-state index contributed by atoms with van der Waals surface area (Å²) in [5, 5.41) is 9.17. The Balaban J connectivity index is 2.62. The number of rotatable bonds is 9. The lowest BCUT2D eigenvalue weighted by Crippen LogP contribution is -2.40. The number of carbonyl (C=O) groups is 3. The molecule has 1 aromatic carbocycles. The van der Waals surface area contributed by atoms with E-state index in [2.05, 4.69) is 28.4 Å². The largest absolute Gasteiger partial charge is 0.480 e. The first kappa shape index (κ1) is 19.9. The zero-order valence-corrected chi connectivity index (χ0v) is 13.9. The fourth-order valence-electron chi connectivity index (χ4n) is 1.47. The van der Waals surface area contributed by atoms with Crippen LogP contribution in [0.5, 0.6) is 5.75 Å². The molecule has 25 heavy (non-hydrogen) atoms. The molecule has 0 heterocycles. The van der Waals surface area contributed by atoms with Crippen molar-refractivity contribution in [3.63, 3.8) is 0 Å². The fraction of sp³-hybridized carbons (Fsp3) is 0.235. The summed E-state index contributed by atoms with van der Waals surface area (Å²) in [5.41, 5.74) is 3.16. The molecule has 134 valence electrons. The van der Waals surface area contributed by atoms with Crippen molar-refractivity contribution in [2.24, 2.45) is 0 Å². The van der Waals surface area contributed by atoms with Crippen LogP contribution < -0.4 is 10.4 Å². The van der Waals surface area contributed by atoms with Crippen LogP contribution in [0.4, 0.5) is 0 Å². The zero-order valence-electron chi connectivity index (χ0n) is 13.9. The highest BCUT2D eigenvalue weighted by Gasteiger charge is 2.20. The molecule has 0 unspecified atom stereocenters. The van der Waals surface area contributed by atoms with E-state index < -0.39 is 23.9 Å². The van der Waals surface area contributed by atoms with E-state index in [-0.39, 0.29) is 23.3 Å². The highest BCUT2D eigenvalue weighted by atomic mass is 17.2. The number of hydrogen-bond acceptors (Lipinski definition) is 7. The van der Waals surface area contributed by atoms with E-state index in [1.54, 1.807) is 12.1 Å². The molecule has 1 rings (SSSR count). The Morgan fingerprint density at radius 3 is 2.12 bits per heavy atom. The predicted octanol–water partition coefficient (Wildman–Crippen LogP) is 1.72. The van der Waals surface area contributed by atoms with Crippen LogP contribution >= 0.6 is 0 Å². The quantitative estimate of drug-likeness (QED) is 0.394. The van der Waals surface area contributed by atoms with Crippen molar-refractivity contribution < 1.29 is 34.1 Å². The van der Waals surface area contributed by atoms with Crippen molar-refractivity contribution in [1.82, 2.24) is 5.48 Å². The van der Waals surface area contributed by atoms with Crippen LogP contribution in [-0.2, 0) is 30.5 Å². The Kier molecular flexibility index (Phi) is 7.36. The maximum Gasteiger partial charge on any atom is 0.381 e. The molecule has 0 amide bonds. The molecule has 1 atom stereocenters. The van der Waals surface area contributed by atoms with Gasteiger partial charge in [-0.3, -0.25) is 9.68 Å². The number of carbonyl (C=O) groups excluding carboxylic acids is 2. The second-order valence-electron chi connectivity index (χ2n) is 5.26. The first-order valence-corrected chi connectivity index (χ1v) is 7.19. The van der Waals surface area contributed by atoms with E-state index in [1.165, 1.54) is 26.0 Å². The highest BCUT2D eigenvalue weighted by molar-refractivity contribution is 5.87. The van der Waals surface area contributed by atoms with Gasteiger partial charge in [-0.15, -0.1) is 5.48 Å². The van der Waals surface area contributed by atoms with Gasteiger partial charge in [0.2, 0.25) is 0 Å². The molecule has 2 N–H and O–H groups in total. The molecule has 0 fully saturated rings. The van der Waals surface area contributed by atoms with Crippen LogP contribution in [0.2, 0.25) is 0 Å². The molecular formula is C17H19NO7. The highest BCUT2D eigenvalue weighted by Crippen LogP contribution is 2.14. The summed E-state index contributed by atoms with van der Waals surface area (Å²) in [4.78, 5) is 47.7. The topological polar surface area (TPSA) is 111 Å². The standard InChI is InChI=1S/C17H19NO7/c1-10(2)16(21)23-18-14(15(19)20)9-12-5-7-13(8-6-12)24-25-17(22)11(3)4/h5-8,14,18H,1,3,9H2,2,4H3,(H,19,20)/t14-/m0/s1. The first-order valence-electron chi connectivity index (χ1n) is 7.19. The first-order chi connectivity index (χ1) is 11.7. The van der Waals surface area contributed by atoms with Gasteiger partial charge in [-0.05, 0) is 31.5 Å². The molecule has 0 spiro atoms. The SMILES string of the molecule is C=C(C)C(=O)ON[C@@H](Cc1ccc(OOC(=O)C(=C)C)cc1)C(=O)O. The number of benzene rings is 1. The van der Waals surface area contributed by atoms with Crippen LogP contribution in [0.3, 0.4) is 0 Å². The number of aliphatic carboxylic acids is 1. The van der Waals surface area contributed by atoms with Crippen LogP contribution in [0.15, 0.2) is 48.6 Å². The van der Waals surface area contributed by atoms with Gasteiger partial charge in [0, 0.05) is 17.6 Å². The van der Waals surface area contributed by atoms with Crippen molar-refractivity contribution >= 4 is 17.9 Å². The number of carboxylic acid groups (broad SMARTS) is 1. The number of nitrogens with one attached hydrogen (secondary N) is 1. The number of carboxylic acids is 1. The average molecular weight is 349 g/mol. The molecule has 1 aromatic rings. The van der Waals surface area contributed by atoms with Crippen molar-refractivity contribution in [3.8, 4) is 5.75 Å². The van der Waals surface area contributed by atoms with Crippen molar-refractivity contribution in [2.75, 3.05) is 0 Å². The van der Waals surface area contributed by atoms with Gasteiger partial charge in [0.1, 0.15) is 6.04 Å². The predicted molar refractivity (Wildman–Crippen MR) is 87.1 cm³/mol. The minimum absolute atomic E-state index is 0.0463. The molecule has 0 bridgehead atoms. The maximum atomic E-state index is 11.3. The van der Waals surface area contributed by atoms with E-state index in [0.29, 0.717) is 5.56 Å². The van der Waals surface area contributed by atoms with Crippen LogP contribution in [0.25, 0.3) is 0 Å². The Bertz CT molecular complexity index is 679. The average Bonchev–Trinajstić information content (AvgIpc) is 2.56. The van der Waals surface area contributed by atoms with E-state index >= 15 is 0 Å². The summed E-state index contributed by atoms with van der Waals surface area (Å²) < 4.78 is 0. The molecular weight excluding hydrogens is 330 g/mol. The summed E-state index contributed by atoms with van der Waals surface area (Å²) in [6.45, 7) is 9.73. The minimum atomic E-state index is -1.19. The summed E-state index contributed by atoms with van der Waals surface area (Å²) in [6, 6.07) is 5.03. The lowest BCUT2D eigenvalue weighted by atomic mass is 10.1. The molecule has 0 radical (unpaired) electrons. The van der Waals surface area contributed by atoms with E-state index in [1.807, 2.05) is 0 Å². The van der Waals surface area contributed by atoms with E-state index in [0.717, 1.165) is 0 Å². The third kappa shape index (κ3) is 6.88. The van der Waals surface area contributed by atoms with Gasteiger partial charge in [-0.25, -0.2) is 14.5 Å². The van der Waals surface area contributed by atoms with Gasteiger partial charge in [-0.1, -0.05) is 25.3 Å². The smallest absolute Gasteiger partial charge is 0.381 e. The lowest BCUT2D eigenvalue weighted by Gasteiger charge is -2.14. The van der Waals surface area contributed by atoms with Crippen molar-refractivity contribution in [2.45, 2.75) is 26.3 Å². The van der Waals surface area contributed by atoms with Gasteiger partial charge in [-0.2, -0.15) is 0 Å². The van der Waals surface area contributed by atoms with Gasteiger partial charge in [0.05, 0.1) is 0 Å². The van der Waals surface area contributed by atoms with Gasteiger partial charge in [0.15, 0.2) is 5.75 Å². The molecule has 8 heteroatoms. The zero-order chi connectivity index (χ0) is 19.0. The Hall–Kier alpha value is -3.13. The molecule has 0 saturated carbocycles.